The van der Waals surface area contributed by atoms with Crippen LogP contribution in [0, 0.1) is 0 Å². The smallest absolute Gasteiger partial charge is 0.255 e. The van der Waals surface area contributed by atoms with E-state index >= 15 is 0 Å². The maximum atomic E-state index is 12.1. The van der Waals surface area contributed by atoms with Crippen LogP contribution in [-0.2, 0) is 6.42 Å². The number of aryl methyl sites for hydroxylation is 1. The highest BCUT2D eigenvalue weighted by atomic mass is 16.1. The van der Waals surface area contributed by atoms with Crippen molar-refractivity contribution < 1.29 is 4.79 Å². The van der Waals surface area contributed by atoms with E-state index in [-0.39, 0.29) is 11.9 Å². The molecule has 0 bridgehead atoms. The largest absolute Gasteiger partial charge is 0.398 e. The first-order valence-corrected chi connectivity index (χ1v) is 6.71. The van der Waals surface area contributed by atoms with Gasteiger partial charge in [0.25, 0.3) is 5.91 Å². The van der Waals surface area contributed by atoms with Crippen molar-refractivity contribution in [1.82, 2.24) is 10.3 Å². The second-order valence-corrected chi connectivity index (χ2v) is 4.86. The Labute approximate surface area is 119 Å². The molecule has 104 valence electrons. The molecule has 1 amide bonds. The molecule has 0 saturated carbocycles. The topological polar surface area (TPSA) is 68.0 Å². The van der Waals surface area contributed by atoms with E-state index in [1.165, 1.54) is 11.8 Å². The van der Waals surface area contributed by atoms with Crippen molar-refractivity contribution >= 4 is 11.6 Å². The predicted octanol–water partition coefficient (Wildman–Crippen LogP) is 2.41. The van der Waals surface area contributed by atoms with Crippen molar-refractivity contribution in [2.45, 2.75) is 25.8 Å². The van der Waals surface area contributed by atoms with Crippen molar-refractivity contribution in [3.63, 3.8) is 0 Å². The zero-order valence-corrected chi connectivity index (χ0v) is 11.5. The average molecular weight is 269 g/mol. The summed E-state index contributed by atoms with van der Waals surface area (Å²) in [6, 6.07) is 11.9. The Morgan fingerprint density at radius 2 is 2.05 bits per heavy atom. The molecule has 1 aromatic heterocycles. The van der Waals surface area contributed by atoms with E-state index in [1.54, 1.807) is 12.3 Å². The van der Waals surface area contributed by atoms with E-state index in [9.17, 15) is 4.79 Å². The first-order chi connectivity index (χ1) is 9.66. The molecule has 1 unspecified atom stereocenters. The highest BCUT2D eigenvalue weighted by Crippen LogP contribution is 2.10. The van der Waals surface area contributed by atoms with Gasteiger partial charge in [0.05, 0.1) is 5.56 Å². The Morgan fingerprint density at radius 3 is 2.75 bits per heavy atom. The lowest BCUT2D eigenvalue weighted by atomic mass is 10.1. The molecule has 0 aliphatic heterocycles. The summed E-state index contributed by atoms with van der Waals surface area (Å²) in [5.74, 6) is -0.170. The molecule has 3 N–H and O–H groups in total. The van der Waals surface area contributed by atoms with E-state index in [1.807, 2.05) is 25.1 Å². The van der Waals surface area contributed by atoms with Crippen LogP contribution in [0.25, 0.3) is 0 Å². The number of nitrogens with one attached hydrogen (secondary N) is 1. The summed E-state index contributed by atoms with van der Waals surface area (Å²) >= 11 is 0. The lowest BCUT2D eigenvalue weighted by molar-refractivity contribution is 0.0939. The number of carbonyl (C=O) groups excluding carboxylic acids is 1. The number of pyridine rings is 1. The summed E-state index contributed by atoms with van der Waals surface area (Å²) in [6.07, 6.45) is 4.89. The number of nitrogen functional groups attached to an aromatic ring is 1. The molecule has 4 nitrogen and oxygen atoms in total. The number of benzene rings is 1. The standard InChI is InChI=1S/C16H19N3O/c1-12(7-8-13-5-3-2-4-6-13)19-16(20)14-11-18-10-9-15(14)17/h2-6,9-12H,7-8H2,1H3,(H2,17,18)(H,19,20). The molecule has 0 aliphatic carbocycles. The molecule has 0 fully saturated rings. The molecule has 0 aliphatic rings. The summed E-state index contributed by atoms with van der Waals surface area (Å²) in [5, 5.41) is 2.95. The normalized spacial score (nSPS) is 11.8. The fraction of sp³-hybridized carbons (Fsp3) is 0.250. The summed E-state index contributed by atoms with van der Waals surface area (Å²) < 4.78 is 0. The van der Waals surface area contributed by atoms with Gasteiger partial charge < -0.3 is 11.1 Å². The van der Waals surface area contributed by atoms with Gasteiger partial charge in [-0.1, -0.05) is 30.3 Å². The number of nitrogens with zero attached hydrogens (tertiary/aromatic N) is 1. The van der Waals surface area contributed by atoms with Crippen molar-refractivity contribution in [3.05, 3.63) is 59.9 Å². The number of anilines is 1. The second kappa shape index (κ2) is 6.70. The number of nitrogens with two attached hydrogens (primary N) is 1. The van der Waals surface area contributed by atoms with Crippen molar-refractivity contribution in [2.24, 2.45) is 0 Å². The molecule has 0 spiro atoms. The zero-order valence-electron chi connectivity index (χ0n) is 11.5. The highest BCUT2D eigenvalue weighted by molar-refractivity contribution is 5.98. The fourth-order valence-electron chi connectivity index (χ4n) is 2.00. The SMILES string of the molecule is CC(CCc1ccccc1)NC(=O)c1cnccc1N. The average Bonchev–Trinajstić information content (AvgIpc) is 2.46. The first kappa shape index (κ1) is 14.1. The summed E-state index contributed by atoms with van der Waals surface area (Å²) in [7, 11) is 0. The Balaban J connectivity index is 1.87. The number of carbonyl (C=O) groups is 1. The lowest BCUT2D eigenvalue weighted by Crippen LogP contribution is -2.33. The van der Waals surface area contributed by atoms with Gasteiger partial charge in [-0.15, -0.1) is 0 Å². The van der Waals surface area contributed by atoms with E-state index in [0.29, 0.717) is 11.3 Å². The van der Waals surface area contributed by atoms with E-state index in [0.717, 1.165) is 12.8 Å². The van der Waals surface area contributed by atoms with Crippen molar-refractivity contribution in [3.8, 4) is 0 Å². The van der Waals surface area contributed by atoms with E-state index in [2.05, 4.69) is 22.4 Å². The number of amides is 1. The third-order valence-corrected chi connectivity index (χ3v) is 3.19. The third kappa shape index (κ3) is 3.82. The zero-order chi connectivity index (χ0) is 14.4. The third-order valence-electron chi connectivity index (χ3n) is 3.19. The van der Waals surface area contributed by atoms with Gasteiger partial charge in [-0.25, -0.2) is 0 Å². The molecule has 2 rings (SSSR count). The molecule has 0 saturated heterocycles. The Bertz CT molecular complexity index is 569. The van der Waals surface area contributed by atoms with Gasteiger partial charge in [0, 0.05) is 24.1 Å². The molecule has 1 aromatic carbocycles. The summed E-state index contributed by atoms with van der Waals surface area (Å²) in [6.45, 7) is 1.99. The molecular formula is C16H19N3O. The van der Waals surface area contributed by atoms with Crippen LogP contribution in [0.5, 0.6) is 0 Å². The van der Waals surface area contributed by atoms with Crippen molar-refractivity contribution in [1.29, 1.82) is 0 Å². The maximum absolute atomic E-state index is 12.1. The lowest BCUT2D eigenvalue weighted by Gasteiger charge is -2.14. The Morgan fingerprint density at radius 1 is 1.30 bits per heavy atom. The fourth-order valence-corrected chi connectivity index (χ4v) is 2.00. The minimum Gasteiger partial charge on any atom is -0.398 e. The van der Waals surface area contributed by atoms with Gasteiger partial charge in [-0.2, -0.15) is 0 Å². The van der Waals surface area contributed by atoms with Gasteiger partial charge in [0.2, 0.25) is 0 Å². The van der Waals surface area contributed by atoms with Gasteiger partial charge in [0.1, 0.15) is 0 Å². The van der Waals surface area contributed by atoms with E-state index in [4.69, 9.17) is 5.73 Å². The van der Waals surface area contributed by atoms with Crippen LogP contribution in [0.4, 0.5) is 5.69 Å². The minimum absolute atomic E-state index is 0.0855. The van der Waals surface area contributed by atoms with Gasteiger partial charge in [-0.05, 0) is 31.4 Å². The monoisotopic (exact) mass is 269 g/mol. The maximum Gasteiger partial charge on any atom is 0.255 e. The molecule has 20 heavy (non-hydrogen) atoms. The van der Waals surface area contributed by atoms with Crippen molar-refractivity contribution in [2.75, 3.05) is 5.73 Å². The summed E-state index contributed by atoms with van der Waals surface area (Å²) in [5.41, 5.74) is 7.92. The number of rotatable bonds is 5. The van der Waals surface area contributed by atoms with Crippen LogP contribution in [0.2, 0.25) is 0 Å². The van der Waals surface area contributed by atoms with Gasteiger partial charge in [0.15, 0.2) is 0 Å². The van der Waals surface area contributed by atoms with Crippen LogP contribution in [0.1, 0.15) is 29.3 Å². The summed E-state index contributed by atoms with van der Waals surface area (Å²) in [4.78, 5) is 16.0. The molecule has 1 heterocycles. The highest BCUT2D eigenvalue weighted by Gasteiger charge is 2.12. The first-order valence-electron chi connectivity index (χ1n) is 6.71. The molecule has 1 atom stereocenters. The predicted molar refractivity (Wildman–Crippen MR) is 80.3 cm³/mol. The number of hydrogen-bond donors (Lipinski definition) is 2. The molecular weight excluding hydrogens is 250 g/mol. The molecule has 0 radical (unpaired) electrons. The van der Waals surface area contributed by atoms with Crippen LogP contribution >= 0.6 is 0 Å². The quantitative estimate of drug-likeness (QED) is 0.876. The number of aromatic nitrogens is 1. The minimum atomic E-state index is -0.170. The van der Waals surface area contributed by atoms with Gasteiger partial charge in [-0.3, -0.25) is 9.78 Å². The van der Waals surface area contributed by atoms with Crippen LogP contribution in [-0.4, -0.2) is 16.9 Å². The Hall–Kier alpha value is -2.36. The van der Waals surface area contributed by atoms with Gasteiger partial charge >= 0.3 is 0 Å². The second-order valence-electron chi connectivity index (χ2n) is 4.86. The molecule has 2 aromatic rings. The van der Waals surface area contributed by atoms with Crippen LogP contribution in [0.3, 0.4) is 0 Å². The Kier molecular flexibility index (Phi) is 4.71. The molecule has 4 heteroatoms. The van der Waals surface area contributed by atoms with Crippen LogP contribution < -0.4 is 11.1 Å². The van der Waals surface area contributed by atoms with Crippen LogP contribution in [0.15, 0.2) is 48.8 Å². The van der Waals surface area contributed by atoms with E-state index < -0.39 is 0 Å². The number of hydrogen-bond acceptors (Lipinski definition) is 3.